The largest absolute Gasteiger partial charge is 0.452 e. The Bertz CT molecular complexity index is 7710. The fraction of sp³-hybridized carbons (Fsp3) is 0.151. The Morgan fingerprint density at radius 1 is 0.257 bits per heavy atom. The summed E-state index contributed by atoms with van der Waals surface area (Å²) in [6, 6.07) is 76.3. The number of aromatic nitrogens is 3. The number of para-hydroxylation sites is 4. The van der Waals surface area contributed by atoms with Crippen LogP contribution in [0.4, 0.5) is 34.1 Å². The van der Waals surface area contributed by atoms with Gasteiger partial charge in [-0.2, -0.15) is 0 Å². The topological polar surface area (TPSA) is 34.4 Å². The van der Waals surface area contributed by atoms with Gasteiger partial charge in [-0.15, -0.1) is 0 Å². The molecule has 15 aromatic carbocycles. The molecule has 0 bridgehead atoms. The van der Waals surface area contributed by atoms with Crippen molar-refractivity contribution in [3.05, 3.63) is 337 Å². The third kappa shape index (κ3) is 10.7. The van der Waals surface area contributed by atoms with Crippen molar-refractivity contribution in [1.29, 1.82) is 0 Å². The lowest BCUT2D eigenvalue weighted by atomic mass is 9.33. The van der Waals surface area contributed by atoms with Gasteiger partial charge in [0.2, 0.25) is 0 Å². The number of benzene rings is 15. The van der Waals surface area contributed by atoms with Crippen molar-refractivity contribution in [2.75, 3.05) is 9.80 Å². The van der Waals surface area contributed by atoms with E-state index < -0.39 is 85.3 Å². The van der Waals surface area contributed by atoms with E-state index in [1.54, 1.807) is 4.57 Å². The van der Waals surface area contributed by atoms with Gasteiger partial charge in [0.05, 0.1) is 68.0 Å². The highest BCUT2D eigenvalue weighted by molar-refractivity contribution is 7.00. The minimum absolute atomic E-state index is 0.0256. The van der Waals surface area contributed by atoms with Gasteiger partial charge in [0.25, 0.3) is 6.71 Å². The maximum Gasteiger partial charge on any atom is 0.252 e. The summed E-state index contributed by atoms with van der Waals surface area (Å²) in [6.45, 7) is 26.1. The number of nitrogens with zero attached hydrogens (tertiary/aromatic N) is 5. The van der Waals surface area contributed by atoms with Crippen LogP contribution >= 0.6 is 0 Å². The van der Waals surface area contributed by atoms with Crippen molar-refractivity contribution < 1.29 is 22.2 Å². The van der Waals surface area contributed by atoms with E-state index in [1.807, 2.05) is 78.9 Å². The summed E-state index contributed by atoms with van der Waals surface area (Å²) in [4.78, 5) is 4.40. The summed E-state index contributed by atoms with van der Waals surface area (Å²) >= 11 is 0. The maximum absolute atomic E-state index is 10.2. The molecule has 19 aromatic rings. The standard InChI is InChI=1S/C106H88BN5O/c1-103(2,3)71-43-50-90-82(58-71)83-59-72(104(4,5)6)44-51-91(83)108(90)75-47-49-87-97(62-75)110(76-55-69(66-30-18-14-19-31-66)54-70(56-76)67-32-20-15-21-33-67)98-63-77(109-88-38-24-22-34-78(88)79-35-23-25-39-89(79)109)64-99-100(98)107(87)86-48-42-68(65-28-16-13-17-29-65)57-96(86)112(99)95-41-27-37-81-80-36-26-40-94(101(80)113-102(81)95)111-92-52-45-73(105(7,8)9)60-84(92)85-61-74(106(10,11)12)46-53-93(85)111/h13-64H,1-12H3/i13D,16D,17D,22D,23D,24D,25D,28D,29D,34D,35D,38D,39D. The van der Waals surface area contributed by atoms with Crippen LogP contribution in [0.3, 0.4) is 0 Å². The summed E-state index contributed by atoms with van der Waals surface area (Å²) < 4.78 is 139. The quantitative estimate of drug-likeness (QED) is 0.142. The highest BCUT2D eigenvalue weighted by Crippen LogP contribution is 2.52. The van der Waals surface area contributed by atoms with Crippen LogP contribution in [0.5, 0.6) is 0 Å². The first-order valence-electron chi connectivity index (χ1n) is 45.5. The van der Waals surface area contributed by atoms with Crippen molar-refractivity contribution >= 4 is 145 Å². The van der Waals surface area contributed by atoms with Crippen molar-refractivity contribution in [2.45, 2.75) is 105 Å². The molecule has 4 aromatic heterocycles. The molecule has 7 heteroatoms. The molecule has 0 unspecified atom stereocenters. The summed E-state index contributed by atoms with van der Waals surface area (Å²) in [6.07, 6.45) is 0. The predicted octanol–water partition coefficient (Wildman–Crippen LogP) is 27.2. The molecule has 0 fully saturated rings. The van der Waals surface area contributed by atoms with Crippen molar-refractivity contribution in [3.63, 3.8) is 0 Å². The summed E-state index contributed by atoms with van der Waals surface area (Å²) in [5.41, 5.74) is 20.6. The van der Waals surface area contributed by atoms with Crippen LogP contribution in [0.15, 0.2) is 320 Å². The molecule has 0 aliphatic carbocycles. The van der Waals surface area contributed by atoms with E-state index in [0.29, 0.717) is 39.5 Å². The Hall–Kier alpha value is -12.8. The number of rotatable bonds is 8. The van der Waals surface area contributed by atoms with E-state index >= 15 is 0 Å². The summed E-state index contributed by atoms with van der Waals surface area (Å²) in [7, 11) is 0. The van der Waals surface area contributed by atoms with Crippen LogP contribution in [0.1, 0.15) is 123 Å². The molecule has 2 aliphatic rings. The van der Waals surface area contributed by atoms with Crippen LogP contribution in [0.2, 0.25) is 0 Å². The van der Waals surface area contributed by atoms with Crippen LogP contribution in [-0.2, 0) is 21.7 Å². The van der Waals surface area contributed by atoms with E-state index in [1.165, 1.54) is 22.3 Å². The van der Waals surface area contributed by atoms with Crippen molar-refractivity contribution in [2.24, 2.45) is 0 Å². The first kappa shape index (κ1) is 55.5. The third-order valence-electron chi connectivity index (χ3n) is 23.7. The molecule has 0 N–H and O–H groups in total. The lowest BCUT2D eigenvalue weighted by molar-refractivity contribution is 0.590. The molecular weight excluding hydrogens is 1370 g/mol. The van der Waals surface area contributed by atoms with Gasteiger partial charge in [-0.3, -0.25) is 0 Å². The SMILES string of the molecule is [2H]c1c([2H])c([2H])c(-c2ccc3c(c2)N(c2cccc4c2oc2c(-n5c6ccc(C(C)(C)C)cc6c6cc(C(C)(C)C)ccc65)cccc24)c2cc(-n4c5c([2H])c([2H])c([2H])c([2H])c5c5c([2H])c([2H])c([2H])c([2H])c54)cc4c2B3c2ccc(-n3c5ccc(C(C)(C)C)cc5c5cc(C(C)(C)C)ccc53)cc2N4c2cc(-c3ccccc3)cc(-c3ccccc3)c2)c([2H])c1[2H]. The molecule has 0 atom stereocenters. The minimum Gasteiger partial charge on any atom is -0.452 e. The van der Waals surface area contributed by atoms with Crippen LogP contribution in [0, 0.1) is 0 Å². The molecular formula is C106H88BN5O. The second-order valence-corrected chi connectivity index (χ2v) is 34.8. The normalized spacial score (nSPS) is 14.9. The number of fused-ring (bicyclic) bond motifs is 16. The smallest absolute Gasteiger partial charge is 0.252 e. The Kier molecular flexibility index (Phi) is 12.2. The highest BCUT2D eigenvalue weighted by atomic mass is 16.3. The minimum atomic E-state index is -0.737. The molecule has 2 aliphatic heterocycles. The zero-order chi connectivity index (χ0) is 88.2. The Balaban J connectivity index is 0.939. The van der Waals surface area contributed by atoms with E-state index in [9.17, 15) is 16.4 Å². The number of anilines is 6. The second kappa shape index (κ2) is 24.8. The zero-order valence-corrected chi connectivity index (χ0v) is 65.2. The number of hydrogen-bond acceptors (Lipinski definition) is 3. The Morgan fingerprint density at radius 2 is 0.681 bits per heavy atom. The monoisotopic (exact) mass is 1470 g/mol. The average molecular weight is 1470 g/mol. The molecule has 0 saturated carbocycles. The molecule has 0 saturated heterocycles. The average Bonchev–Trinajstić information content (AvgIpc) is 1.08. The van der Waals surface area contributed by atoms with Gasteiger partial charge in [-0.25, -0.2) is 0 Å². The molecule has 6 nitrogen and oxygen atoms in total. The third-order valence-corrected chi connectivity index (χ3v) is 23.7. The van der Waals surface area contributed by atoms with Crippen LogP contribution in [-0.4, -0.2) is 20.4 Å². The Labute approximate surface area is 679 Å². The molecule has 0 spiro atoms. The van der Waals surface area contributed by atoms with Gasteiger partial charge in [0.15, 0.2) is 11.2 Å². The van der Waals surface area contributed by atoms with Crippen molar-refractivity contribution in [1.82, 2.24) is 13.7 Å². The van der Waals surface area contributed by atoms with E-state index in [2.05, 4.69) is 260 Å². The van der Waals surface area contributed by atoms with Crippen LogP contribution in [0.25, 0.3) is 138 Å². The summed E-state index contributed by atoms with van der Waals surface area (Å²) in [5, 5.41) is 5.72. The molecule has 113 heavy (non-hydrogen) atoms. The first-order valence-corrected chi connectivity index (χ1v) is 39.0. The maximum atomic E-state index is 10.2. The lowest BCUT2D eigenvalue weighted by Gasteiger charge is -2.44. The zero-order valence-electron chi connectivity index (χ0n) is 78.2. The van der Waals surface area contributed by atoms with Crippen LogP contribution < -0.4 is 26.2 Å². The predicted molar refractivity (Wildman–Crippen MR) is 482 cm³/mol. The molecule has 546 valence electrons. The van der Waals surface area contributed by atoms with E-state index in [-0.39, 0.29) is 54.7 Å². The fourth-order valence-electron chi connectivity index (χ4n) is 17.9. The highest BCUT2D eigenvalue weighted by Gasteiger charge is 2.45. The molecule has 6 heterocycles. The molecule has 21 rings (SSSR count). The van der Waals surface area contributed by atoms with Gasteiger partial charge in [-0.1, -0.05) is 277 Å². The first-order chi connectivity index (χ1) is 60.0. The molecule has 0 radical (unpaired) electrons. The van der Waals surface area contributed by atoms with Gasteiger partial charge in [-0.05, 0) is 215 Å². The van der Waals surface area contributed by atoms with Gasteiger partial charge in [0, 0.05) is 77.2 Å². The van der Waals surface area contributed by atoms with Gasteiger partial charge >= 0.3 is 0 Å². The van der Waals surface area contributed by atoms with Gasteiger partial charge in [0.1, 0.15) is 0 Å². The summed E-state index contributed by atoms with van der Waals surface area (Å²) in [5.74, 6) is 0. The van der Waals surface area contributed by atoms with Gasteiger partial charge < -0.3 is 27.9 Å². The fourth-order valence-corrected chi connectivity index (χ4v) is 17.9. The molecule has 0 amide bonds. The van der Waals surface area contributed by atoms with E-state index in [4.69, 9.17) is 5.79 Å². The number of hydrogen-bond donors (Lipinski definition) is 0. The van der Waals surface area contributed by atoms with E-state index in [0.717, 1.165) is 116 Å². The second-order valence-electron chi connectivity index (χ2n) is 34.8. The van der Waals surface area contributed by atoms with Crippen molar-refractivity contribution in [3.8, 4) is 50.4 Å². The Morgan fingerprint density at radius 3 is 1.19 bits per heavy atom. The lowest BCUT2D eigenvalue weighted by Crippen LogP contribution is -2.61. The number of furan rings is 1.